The highest BCUT2D eigenvalue weighted by atomic mass is 16.5. The van der Waals surface area contributed by atoms with Gasteiger partial charge in [-0.3, -0.25) is 0 Å². The lowest BCUT2D eigenvalue weighted by Gasteiger charge is -2.32. The minimum atomic E-state index is 0.243. The van der Waals surface area contributed by atoms with Crippen molar-refractivity contribution in [3.05, 3.63) is 23.8 Å². The SMILES string of the molecule is CCC(CC)(CC)NCc1ccc(OC)c(OC)c1. The molecule has 0 saturated carbocycles. The van der Waals surface area contributed by atoms with Gasteiger partial charge in [0, 0.05) is 12.1 Å². The first kappa shape index (κ1) is 15.8. The molecule has 0 atom stereocenters. The molecule has 3 nitrogen and oxygen atoms in total. The first-order chi connectivity index (χ1) is 9.14. The van der Waals surface area contributed by atoms with Gasteiger partial charge < -0.3 is 14.8 Å². The van der Waals surface area contributed by atoms with Crippen LogP contribution in [-0.2, 0) is 6.54 Å². The fourth-order valence-electron chi connectivity index (χ4n) is 2.41. The highest BCUT2D eigenvalue weighted by molar-refractivity contribution is 5.42. The molecule has 0 bridgehead atoms. The van der Waals surface area contributed by atoms with Gasteiger partial charge in [-0.25, -0.2) is 0 Å². The number of hydrogen-bond donors (Lipinski definition) is 1. The molecule has 0 amide bonds. The number of nitrogens with one attached hydrogen (secondary N) is 1. The lowest BCUT2D eigenvalue weighted by atomic mass is 9.89. The Kier molecular flexibility index (Phi) is 6.16. The third kappa shape index (κ3) is 3.87. The van der Waals surface area contributed by atoms with E-state index in [0.29, 0.717) is 0 Å². The predicted molar refractivity (Wildman–Crippen MR) is 80.0 cm³/mol. The molecule has 0 fully saturated rings. The largest absolute Gasteiger partial charge is 0.493 e. The van der Waals surface area contributed by atoms with Gasteiger partial charge in [0.05, 0.1) is 14.2 Å². The number of methoxy groups -OCH3 is 2. The Labute approximate surface area is 117 Å². The molecule has 3 heteroatoms. The van der Waals surface area contributed by atoms with E-state index in [0.717, 1.165) is 37.3 Å². The Morgan fingerprint density at radius 2 is 1.53 bits per heavy atom. The zero-order chi connectivity index (χ0) is 14.3. The normalized spacial score (nSPS) is 11.4. The summed E-state index contributed by atoms with van der Waals surface area (Å²) in [5.41, 5.74) is 1.46. The fourth-order valence-corrected chi connectivity index (χ4v) is 2.41. The molecule has 1 N–H and O–H groups in total. The second kappa shape index (κ2) is 7.39. The maximum Gasteiger partial charge on any atom is 0.161 e. The van der Waals surface area contributed by atoms with Crippen LogP contribution in [0.5, 0.6) is 11.5 Å². The number of rotatable bonds is 8. The molecule has 0 aromatic heterocycles. The molecular weight excluding hydrogens is 238 g/mol. The van der Waals surface area contributed by atoms with Crippen molar-refractivity contribution in [1.29, 1.82) is 0 Å². The van der Waals surface area contributed by atoms with E-state index in [9.17, 15) is 0 Å². The van der Waals surface area contributed by atoms with E-state index in [1.165, 1.54) is 5.56 Å². The van der Waals surface area contributed by atoms with Gasteiger partial charge in [0.1, 0.15) is 0 Å². The van der Waals surface area contributed by atoms with Crippen LogP contribution in [0.4, 0.5) is 0 Å². The van der Waals surface area contributed by atoms with Gasteiger partial charge in [-0.1, -0.05) is 26.8 Å². The van der Waals surface area contributed by atoms with Crippen molar-refractivity contribution in [2.75, 3.05) is 14.2 Å². The molecule has 1 rings (SSSR count). The maximum atomic E-state index is 5.34. The lowest BCUT2D eigenvalue weighted by Crippen LogP contribution is -2.43. The van der Waals surface area contributed by atoms with Crippen LogP contribution in [0.1, 0.15) is 45.6 Å². The highest BCUT2D eigenvalue weighted by Gasteiger charge is 2.22. The van der Waals surface area contributed by atoms with E-state index in [1.807, 2.05) is 12.1 Å². The Hall–Kier alpha value is -1.22. The second-order valence-electron chi connectivity index (χ2n) is 4.88. The first-order valence-electron chi connectivity index (χ1n) is 7.10. The fraction of sp³-hybridized carbons (Fsp3) is 0.625. The molecular formula is C16H27NO2. The average Bonchev–Trinajstić information content (AvgIpc) is 2.49. The molecule has 0 saturated heterocycles. The maximum absolute atomic E-state index is 5.34. The van der Waals surface area contributed by atoms with Gasteiger partial charge in [-0.05, 0) is 37.0 Å². The van der Waals surface area contributed by atoms with Crippen LogP contribution >= 0.6 is 0 Å². The van der Waals surface area contributed by atoms with Crippen LogP contribution in [0.15, 0.2) is 18.2 Å². The first-order valence-corrected chi connectivity index (χ1v) is 7.10. The van der Waals surface area contributed by atoms with Crippen LogP contribution in [0.3, 0.4) is 0 Å². The summed E-state index contributed by atoms with van der Waals surface area (Å²) >= 11 is 0. The van der Waals surface area contributed by atoms with Crippen LogP contribution in [-0.4, -0.2) is 19.8 Å². The van der Waals surface area contributed by atoms with Crippen LogP contribution in [0, 0.1) is 0 Å². The van der Waals surface area contributed by atoms with Gasteiger partial charge in [-0.15, -0.1) is 0 Å². The van der Waals surface area contributed by atoms with Crippen molar-refractivity contribution >= 4 is 0 Å². The Balaban J connectivity index is 2.77. The van der Waals surface area contributed by atoms with Gasteiger partial charge >= 0.3 is 0 Å². The van der Waals surface area contributed by atoms with E-state index < -0.39 is 0 Å². The summed E-state index contributed by atoms with van der Waals surface area (Å²) in [5, 5.41) is 3.69. The van der Waals surface area contributed by atoms with Crippen LogP contribution in [0.25, 0.3) is 0 Å². The Bertz CT molecular complexity index is 378. The predicted octanol–water partition coefficient (Wildman–Crippen LogP) is 3.76. The van der Waals surface area contributed by atoms with Gasteiger partial charge in [0.25, 0.3) is 0 Å². The number of ether oxygens (including phenoxy) is 2. The van der Waals surface area contributed by atoms with E-state index in [-0.39, 0.29) is 5.54 Å². The molecule has 0 heterocycles. The van der Waals surface area contributed by atoms with Crippen LogP contribution < -0.4 is 14.8 Å². The number of hydrogen-bond acceptors (Lipinski definition) is 3. The van der Waals surface area contributed by atoms with E-state index in [1.54, 1.807) is 14.2 Å². The van der Waals surface area contributed by atoms with Crippen molar-refractivity contribution in [1.82, 2.24) is 5.32 Å². The zero-order valence-electron chi connectivity index (χ0n) is 12.9. The summed E-state index contributed by atoms with van der Waals surface area (Å²) in [6.45, 7) is 7.59. The van der Waals surface area contributed by atoms with Gasteiger partial charge in [0.15, 0.2) is 11.5 Å². The van der Waals surface area contributed by atoms with Gasteiger partial charge in [-0.2, -0.15) is 0 Å². The Morgan fingerprint density at radius 1 is 0.947 bits per heavy atom. The minimum Gasteiger partial charge on any atom is -0.493 e. The van der Waals surface area contributed by atoms with Gasteiger partial charge in [0.2, 0.25) is 0 Å². The van der Waals surface area contributed by atoms with Crippen molar-refractivity contribution < 1.29 is 9.47 Å². The summed E-state index contributed by atoms with van der Waals surface area (Å²) in [4.78, 5) is 0. The summed E-state index contributed by atoms with van der Waals surface area (Å²) in [6, 6.07) is 6.08. The second-order valence-corrected chi connectivity index (χ2v) is 4.88. The van der Waals surface area contributed by atoms with Crippen LogP contribution in [0.2, 0.25) is 0 Å². The molecule has 0 spiro atoms. The third-order valence-electron chi connectivity index (χ3n) is 4.15. The summed E-state index contributed by atoms with van der Waals surface area (Å²) in [6.07, 6.45) is 3.44. The summed E-state index contributed by atoms with van der Waals surface area (Å²) < 4.78 is 10.6. The molecule has 0 aliphatic heterocycles. The summed E-state index contributed by atoms with van der Waals surface area (Å²) in [5.74, 6) is 1.57. The quantitative estimate of drug-likeness (QED) is 0.776. The number of benzene rings is 1. The molecule has 1 aromatic carbocycles. The average molecular weight is 265 g/mol. The molecule has 108 valence electrons. The van der Waals surface area contributed by atoms with E-state index >= 15 is 0 Å². The van der Waals surface area contributed by atoms with Crippen molar-refractivity contribution in [3.8, 4) is 11.5 Å². The lowest BCUT2D eigenvalue weighted by molar-refractivity contribution is 0.287. The molecule has 0 aliphatic rings. The molecule has 19 heavy (non-hydrogen) atoms. The Morgan fingerprint density at radius 3 is 2.00 bits per heavy atom. The molecule has 0 unspecified atom stereocenters. The van der Waals surface area contributed by atoms with Crippen molar-refractivity contribution in [2.45, 2.75) is 52.1 Å². The van der Waals surface area contributed by atoms with E-state index in [2.05, 4.69) is 32.2 Å². The van der Waals surface area contributed by atoms with Crippen molar-refractivity contribution in [2.24, 2.45) is 0 Å². The molecule has 0 radical (unpaired) electrons. The molecule has 1 aromatic rings. The zero-order valence-corrected chi connectivity index (χ0v) is 12.9. The third-order valence-corrected chi connectivity index (χ3v) is 4.15. The summed E-state index contributed by atoms with van der Waals surface area (Å²) in [7, 11) is 3.33. The smallest absolute Gasteiger partial charge is 0.161 e. The van der Waals surface area contributed by atoms with E-state index in [4.69, 9.17) is 9.47 Å². The highest BCUT2D eigenvalue weighted by Crippen LogP contribution is 2.28. The minimum absolute atomic E-state index is 0.243. The van der Waals surface area contributed by atoms with Crippen molar-refractivity contribution in [3.63, 3.8) is 0 Å². The topological polar surface area (TPSA) is 30.5 Å². The standard InChI is InChI=1S/C16H27NO2/c1-6-16(7-2,8-3)17-12-13-9-10-14(18-4)15(11-13)19-5/h9-11,17H,6-8,12H2,1-5H3. The monoisotopic (exact) mass is 265 g/mol. The molecule has 0 aliphatic carbocycles.